The van der Waals surface area contributed by atoms with Gasteiger partial charge in [0.1, 0.15) is 16.7 Å². The first-order chi connectivity index (χ1) is 22.8. The van der Waals surface area contributed by atoms with Gasteiger partial charge in [0.15, 0.2) is 5.58 Å². The van der Waals surface area contributed by atoms with Crippen LogP contribution in [0.5, 0.6) is 0 Å². The van der Waals surface area contributed by atoms with E-state index < -0.39 is 0 Å². The summed E-state index contributed by atoms with van der Waals surface area (Å²) in [6, 6.07) is 58.8. The number of fused-ring (bicyclic) bond motifs is 6. The fraction of sp³-hybridized carbons (Fsp3) is 0. The molecule has 0 atom stereocenters. The van der Waals surface area contributed by atoms with Crippen LogP contribution in [0.1, 0.15) is 0 Å². The monoisotopic (exact) mass is 592 g/mol. The van der Waals surface area contributed by atoms with Crippen LogP contribution in [-0.4, -0.2) is 0 Å². The summed E-state index contributed by atoms with van der Waals surface area (Å²) < 4.78 is 13.0. The lowest BCUT2D eigenvalue weighted by Gasteiger charge is -2.25. The summed E-state index contributed by atoms with van der Waals surface area (Å²) in [5, 5.41) is 4.34. The number of rotatable bonds is 6. The molecule has 2 heterocycles. The predicted molar refractivity (Wildman–Crippen MR) is 190 cm³/mol. The molecule has 4 nitrogen and oxygen atoms in total. The van der Waals surface area contributed by atoms with Gasteiger partial charge in [-0.25, -0.2) is 0 Å². The second-order valence-electron chi connectivity index (χ2n) is 11.4. The second-order valence-corrected chi connectivity index (χ2v) is 11.4. The molecule has 0 fully saturated rings. The van der Waals surface area contributed by atoms with Gasteiger partial charge >= 0.3 is 0 Å². The van der Waals surface area contributed by atoms with E-state index >= 15 is 0 Å². The maximum Gasteiger partial charge on any atom is 0.159 e. The first-order valence-electron chi connectivity index (χ1n) is 15.4. The van der Waals surface area contributed by atoms with Crippen molar-refractivity contribution in [1.82, 2.24) is 0 Å². The topological polar surface area (TPSA) is 32.8 Å². The predicted octanol–water partition coefficient (Wildman–Crippen LogP) is 12.4. The molecule has 7 aromatic carbocycles. The van der Waals surface area contributed by atoms with Gasteiger partial charge in [0.2, 0.25) is 0 Å². The molecule has 218 valence electrons. The van der Waals surface area contributed by atoms with Crippen LogP contribution in [-0.2, 0) is 0 Å². The van der Waals surface area contributed by atoms with Crippen molar-refractivity contribution in [3.63, 3.8) is 0 Å². The van der Waals surface area contributed by atoms with Crippen molar-refractivity contribution in [1.29, 1.82) is 0 Å². The number of nitrogens with zero attached hydrogens (tertiary/aromatic N) is 2. The standard InChI is InChI=1S/C42H28N2O2/c1-4-13-29(14-5-1)43(30-15-6-2-7-16-30)32-24-26-40-37(27-32)35-25-23-33(28-41(35)45-40)44(31-17-8-3-9-18-31)38-21-12-20-36-34-19-10-11-22-39(34)46-42(36)38/h1-28H. The van der Waals surface area contributed by atoms with E-state index in [1.807, 2.05) is 30.3 Å². The van der Waals surface area contributed by atoms with E-state index in [1.54, 1.807) is 0 Å². The van der Waals surface area contributed by atoms with Crippen LogP contribution in [0.25, 0.3) is 43.9 Å². The number of hydrogen-bond acceptors (Lipinski definition) is 4. The van der Waals surface area contributed by atoms with E-state index in [1.165, 1.54) is 0 Å². The average molecular weight is 593 g/mol. The van der Waals surface area contributed by atoms with Crippen LogP contribution in [0.15, 0.2) is 179 Å². The molecule has 0 bridgehead atoms. The molecule has 46 heavy (non-hydrogen) atoms. The molecule has 0 amide bonds. The molecule has 0 saturated carbocycles. The maximum atomic E-state index is 6.53. The fourth-order valence-corrected chi connectivity index (χ4v) is 6.55. The van der Waals surface area contributed by atoms with E-state index in [-0.39, 0.29) is 0 Å². The minimum absolute atomic E-state index is 0.827. The zero-order valence-electron chi connectivity index (χ0n) is 24.9. The normalized spacial score (nSPS) is 11.5. The summed E-state index contributed by atoms with van der Waals surface area (Å²) in [5.74, 6) is 0. The van der Waals surface area contributed by atoms with Crippen LogP contribution >= 0.6 is 0 Å². The molecule has 0 aliphatic carbocycles. The third-order valence-electron chi connectivity index (χ3n) is 8.62. The summed E-state index contributed by atoms with van der Waals surface area (Å²) in [7, 11) is 0. The quantitative estimate of drug-likeness (QED) is 0.192. The molecule has 4 heteroatoms. The third kappa shape index (κ3) is 4.31. The molecule has 0 aliphatic heterocycles. The summed E-state index contributed by atoms with van der Waals surface area (Å²) in [4.78, 5) is 4.52. The Hall–Kier alpha value is -6.26. The lowest BCUT2D eigenvalue weighted by atomic mass is 10.1. The second kappa shape index (κ2) is 10.7. The summed E-state index contributed by atoms with van der Waals surface area (Å²) in [5.41, 5.74) is 9.66. The zero-order chi connectivity index (χ0) is 30.5. The van der Waals surface area contributed by atoms with Crippen LogP contribution in [0.2, 0.25) is 0 Å². The minimum atomic E-state index is 0.827. The maximum absolute atomic E-state index is 6.53. The molecule has 9 aromatic rings. The zero-order valence-corrected chi connectivity index (χ0v) is 24.9. The van der Waals surface area contributed by atoms with Crippen LogP contribution in [0.4, 0.5) is 34.1 Å². The van der Waals surface area contributed by atoms with Gasteiger partial charge in [-0.3, -0.25) is 0 Å². The number of benzene rings is 7. The van der Waals surface area contributed by atoms with Crippen molar-refractivity contribution >= 4 is 78.0 Å². The highest BCUT2D eigenvalue weighted by Crippen LogP contribution is 2.44. The van der Waals surface area contributed by atoms with Crippen LogP contribution < -0.4 is 9.80 Å². The highest BCUT2D eigenvalue weighted by Gasteiger charge is 2.21. The van der Waals surface area contributed by atoms with Crippen LogP contribution in [0, 0.1) is 0 Å². The third-order valence-corrected chi connectivity index (χ3v) is 8.62. The van der Waals surface area contributed by atoms with Gasteiger partial charge in [0.25, 0.3) is 0 Å². The van der Waals surface area contributed by atoms with Crippen molar-refractivity contribution in [3.05, 3.63) is 170 Å². The van der Waals surface area contributed by atoms with Crippen molar-refractivity contribution in [2.75, 3.05) is 9.80 Å². The largest absolute Gasteiger partial charge is 0.456 e. The number of para-hydroxylation sites is 5. The Bertz CT molecular complexity index is 2440. The van der Waals surface area contributed by atoms with Gasteiger partial charge in [-0.15, -0.1) is 0 Å². The fourth-order valence-electron chi connectivity index (χ4n) is 6.55. The Labute approximate surface area is 265 Å². The first kappa shape index (κ1) is 26.2. The first-order valence-corrected chi connectivity index (χ1v) is 15.4. The van der Waals surface area contributed by atoms with Gasteiger partial charge in [-0.2, -0.15) is 0 Å². The summed E-state index contributed by atoms with van der Waals surface area (Å²) >= 11 is 0. The molecular weight excluding hydrogens is 564 g/mol. The molecule has 0 aliphatic rings. The molecule has 0 unspecified atom stereocenters. The number of hydrogen-bond donors (Lipinski definition) is 0. The van der Waals surface area contributed by atoms with E-state index in [2.05, 4.69) is 149 Å². The molecule has 9 rings (SSSR count). The van der Waals surface area contributed by atoms with E-state index in [0.717, 1.165) is 78.0 Å². The van der Waals surface area contributed by atoms with Crippen molar-refractivity contribution in [2.45, 2.75) is 0 Å². The summed E-state index contributed by atoms with van der Waals surface area (Å²) in [6.45, 7) is 0. The van der Waals surface area contributed by atoms with Gasteiger partial charge in [-0.05, 0) is 78.9 Å². The van der Waals surface area contributed by atoms with Crippen molar-refractivity contribution in [2.24, 2.45) is 0 Å². The smallest absolute Gasteiger partial charge is 0.159 e. The van der Waals surface area contributed by atoms with Gasteiger partial charge in [0.05, 0.1) is 11.4 Å². The average Bonchev–Trinajstić information content (AvgIpc) is 3.68. The number of anilines is 6. The van der Waals surface area contributed by atoms with Gasteiger partial charge in [-0.1, -0.05) is 84.9 Å². The van der Waals surface area contributed by atoms with E-state index in [0.29, 0.717) is 0 Å². The number of furan rings is 2. The Balaban J connectivity index is 1.20. The Morgan fingerprint density at radius 2 is 0.848 bits per heavy atom. The Morgan fingerprint density at radius 3 is 1.57 bits per heavy atom. The highest BCUT2D eigenvalue weighted by atomic mass is 16.3. The van der Waals surface area contributed by atoms with Gasteiger partial charge in [0, 0.05) is 50.4 Å². The molecule has 0 spiro atoms. The lowest BCUT2D eigenvalue weighted by Crippen LogP contribution is -2.10. The van der Waals surface area contributed by atoms with E-state index in [4.69, 9.17) is 8.83 Å². The minimum Gasteiger partial charge on any atom is -0.456 e. The molecular formula is C42H28N2O2. The molecule has 0 N–H and O–H groups in total. The lowest BCUT2D eigenvalue weighted by molar-refractivity contribution is 0.667. The Morgan fingerprint density at radius 1 is 0.304 bits per heavy atom. The van der Waals surface area contributed by atoms with Crippen LogP contribution in [0.3, 0.4) is 0 Å². The molecule has 0 radical (unpaired) electrons. The molecule has 2 aromatic heterocycles. The van der Waals surface area contributed by atoms with Gasteiger partial charge < -0.3 is 18.6 Å². The Kier molecular flexibility index (Phi) is 6.10. The molecule has 0 saturated heterocycles. The highest BCUT2D eigenvalue weighted by molar-refractivity contribution is 6.11. The SMILES string of the molecule is c1ccc(N(c2ccccc2)c2ccc3oc4cc(N(c5ccccc5)c5cccc6c5oc5ccccc56)ccc4c3c2)cc1. The summed E-state index contributed by atoms with van der Waals surface area (Å²) in [6.07, 6.45) is 0. The van der Waals surface area contributed by atoms with Crippen molar-refractivity contribution < 1.29 is 8.83 Å². The van der Waals surface area contributed by atoms with Crippen molar-refractivity contribution in [3.8, 4) is 0 Å². The van der Waals surface area contributed by atoms with E-state index in [9.17, 15) is 0 Å².